The zero-order valence-corrected chi connectivity index (χ0v) is 10.5. The molecule has 0 aliphatic carbocycles. The van der Waals surface area contributed by atoms with Gasteiger partial charge in [-0.15, -0.1) is 0 Å². The van der Waals surface area contributed by atoms with Gasteiger partial charge in [-0.05, 0) is 24.6 Å². The zero-order chi connectivity index (χ0) is 13.9. The molecule has 0 heterocycles. The molecule has 2 nitrogen and oxygen atoms in total. The summed E-state index contributed by atoms with van der Waals surface area (Å²) in [7, 11) is 1.17. The van der Waals surface area contributed by atoms with Gasteiger partial charge in [-0.1, -0.05) is 13.8 Å². The normalized spacial score (nSPS) is 13.2. The van der Waals surface area contributed by atoms with Crippen molar-refractivity contribution in [2.75, 3.05) is 7.11 Å². The highest BCUT2D eigenvalue weighted by molar-refractivity contribution is 5.98. The molecule has 0 aliphatic rings. The van der Waals surface area contributed by atoms with Crippen LogP contribution in [0.5, 0.6) is 5.75 Å². The maximum atomic E-state index is 12.8. The van der Waals surface area contributed by atoms with Crippen LogP contribution in [0.25, 0.3) is 0 Å². The van der Waals surface area contributed by atoms with E-state index in [0.717, 1.165) is 6.07 Å². The average molecular weight is 260 g/mol. The summed E-state index contributed by atoms with van der Waals surface area (Å²) >= 11 is 0. The van der Waals surface area contributed by atoms with E-state index in [9.17, 15) is 18.0 Å². The van der Waals surface area contributed by atoms with Crippen molar-refractivity contribution in [3.8, 4) is 5.75 Å². The number of rotatable bonds is 4. The smallest absolute Gasteiger partial charge is 0.419 e. The maximum Gasteiger partial charge on any atom is 0.419 e. The van der Waals surface area contributed by atoms with E-state index >= 15 is 0 Å². The summed E-state index contributed by atoms with van der Waals surface area (Å²) in [6, 6.07) is 3.40. The van der Waals surface area contributed by atoms with Gasteiger partial charge in [-0.2, -0.15) is 13.2 Å². The second-order valence-corrected chi connectivity index (χ2v) is 4.09. The lowest BCUT2D eigenvalue weighted by Gasteiger charge is -2.14. The van der Waals surface area contributed by atoms with Gasteiger partial charge in [-0.25, -0.2) is 0 Å². The number of carbonyl (C=O) groups is 1. The zero-order valence-electron chi connectivity index (χ0n) is 10.5. The molecular weight excluding hydrogens is 245 g/mol. The summed E-state index contributed by atoms with van der Waals surface area (Å²) in [5.41, 5.74) is -0.850. The van der Waals surface area contributed by atoms with E-state index in [1.165, 1.54) is 19.2 Å². The molecule has 0 N–H and O–H groups in total. The Morgan fingerprint density at radius 3 is 2.44 bits per heavy atom. The van der Waals surface area contributed by atoms with Crippen molar-refractivity contribution in [3.63, 3.8) is 0 Å². The van der Waals surface area contributed by atoms with Crippen LogP contribution in [0.2, 0.25) is 0 Å². The molecule has 0 aliphatic heterocycles. The number of Topliss-reactive ketones (excluding diaryl/α,β-unsaturated/α-hetero) is 1. The first-order chi connectivity index (χ1) is 8.31. The largest absolute Gasteiger partial charge is 0.496 e. The van der Waals surface area contributed by atoms with Crippen molar-refractivity contribution < 1.29 is 22.7 Å². The highest BCUT2D eigenvalue weighted by Crippen LogP contribution is 2.37. The van der Waals surface area contributed by atoms with Crippen LogP contribution >= 0.6 is 0 Å². The predicted molar refractivity (Wildman–Crippen MR) is 61.8 cm³/mol. The van der Waals surface area contributed by atoms with Crippen LogP contribution < -0.4 is 4.74 Å². The van der Waals surface area contributed by atoms with Crippen molar-refractivity contribution in [1.29, 1.82) is 0 Å². The number of benzene rings is 1. The van der Waals surface area contributed by atoms with Crippen LogP contribution in [0.1, 0.15) is 36.2 Å². The molecule has 5 heteroatoms. The van der Waals surface area contributed by atoms with Gasteiger partial charge in [0.1, 0.15) is 5.75 Å². The Morgan fingerprint density at radius 1 is 1.39 bits per heavy atom. The summed E-state index contributed by atoms with van der Waals surface area (Å²) in [5, 5.41) is 0. The van der Waals surface area contributed by atoms with Crippen LogP contribution in [-0.2, 0) is 6.18 Å². The molecule has 100 valence electrons. The van der Waals surface area contributed by atoms with Crippen molar-refractivity contribution in [1.82, 2.24) is 0 Å². The topological polar surface area (TPSA) is 26.3 Å². The number of carbonyl (C=O) groups excluding carboxylic acids is 1. The van der Waals surface area contributed by atoms with Crippen LogP contribution in [0.3, 0.4) is 0 Å². The molecule has 1 atom stereocenters. The Bertz CT molecular complexity index is 438. The number of ketones is 1. The number of hydrogen-bond acceptors (Lipinski definition) is 2. The van der Waals surface area contributed by atoms with Gasteiger partial charge in [0.15, 0.2) is 5.78 Å². The van der Waals surface area contributed by atoms with Crippen molar-refractivity contribution in [2.45, 2.75) is 26.4 Å². The lowest BCUT2D eigenvalue weighted by molar-refractivity contribution is -0.138. The molecule has 0 amide bonds. The van der Waals surface area contributed by atoms with Gasteiger partial charge in [0, 0.05) is 11.5 Å². The number of methoxy groups -OCH3 is 1. The third-order valence-corrected chi connectivity index (χ3v) is 2.85. The van der Waals surface area contributed by atoms with Gasteiger partial charge in [0.25, 0.3) is 0 Å². The fourth-order valence-electron chi connectivity index (χ4n) is 1.55. The Hall–Kier alpha value is -1.52. The molecule has 1 aromatic rings. The van der Waals surface area contributed by atoms with Gasteiger partial charge in [0.2, 0.25) is 0 Å². The van der Waals surface area contributed by atoms with Gasteiger partial charge < -0.3 is 4.74 Å². The van der Waals surface area contributed by atoms with Crippen LogP contribution in [-0.4, -0.2) is 12.9 Å². The molecule has 0 saturated heterocycles. The number of alkyl halides is 3. The van der Waals surface area contributed by atoms with Gasteiger partial charge in [0.05, 0.1) is 12.7 Å². The van der Waals surface area contributed by atoms with E-state index in [1.807, 2.05) is 6.92 Å². The summed E-state index contributed by atoms with van der Waals surface area (Å²) in [4.78, 5) is 11.8. The first-order valence-corrected chi connectivity index (χ1v) is 5.60. The molecule has 18 heavy (non-hydrogen) atoms. The second kappa shape index (κ2) is 5.42. The molecule has 1 aromatic carbocycles. The molecule has 0 aromatic heterocycles. The van der Waals surface area contributed by atoms with Crippen LogP contribution in [0.4, 0.5) is 13.2 Å². The predicted octanol–water partition coefficient (Wildman–Crippen LogP) is 3.94. The minimum absolute atomic E-state index is 0.0671. The quantitative estimate of drug-likeness (QED) is 0.766. The molecule has 0 saturated carbocycles. The van der Waals surface area contributed by atoms with E-state index in [0.29, 0.717) is 6.42 Å². The lowest BCUT2D eigenvalue weighted by Crippen LogP contribution is -2.13. The Morgan fingerprint density at radius 2 is 2.00 bits per heavy atom. The van der Waals surface area contributed by atoms with Crippen LogP contribution in [0, 0.1) is 5.92 Å². The fraction of sp³-hybridized carbons (Fsp3) is 0.462. The number of hydrogen-bond donors (Lipinski definition) is 0. The average Bonchev–Trinajstić information content (AvgIpc) is 2.35. The van der Waals surface area contributed by atoms with Crippen molar-refractivity contribution in [3.05, 3.63) is 29.3 Å². The molecular formula is C13H15F3O2. The summed E-state index contributed by atoms with van der Waals surface area (Å²) < 4.78 is 43.0. The third kappa shape index (κ3) is 3.03. The van der Waals surface area contributed by atoms with E-state index in [-0.39, 0.29) is 23.0 Å². The van der Waals surface area contributed by atoms with Gasteiger partial charge >= 0.3 is 6.18 Å². The van der Waals surface area contributed by atoms with Crippen molar-refractivity contribution >= 4 is 5.78 Å². The fourth-order valence-corrected chi connectivity index (χ4v) is 1.55. The SMILES string of the molecule is CCC(C)C(=O)c1ccc(OC)c(C(F)(F)F)c1. The van der Waals surface area contributed by atoms with E-state index in [2.05, 4.69) is 4.74 Å². The lowest BCUT2D eigenvalue weighted by atomic mass is 9.95. The highest BCUT2D eigenvalue weighted by Gasteiger charge is 2.35. The monoisotopic (exact) mass is 260 g/mol. The summed E-state index contributed by atoms with van der Waals surface area (Å²) in [6.45, 7) is 3.51. The molecule has 0 spiro atoms. The van der Waals surface area contributed by atoms with E-state index < -0.39 is 11.7 Å². The third-order valence-electron chi connectivity index (χ3n) is 2.85. The summed E-state index contributed by atoms with van der Waals surface area (Å²) in [5.74, 6) is -0.853. The van der Waals surface area contributed by atoms with Crippen LogP contribution in [0.15, 0.2) is 18.2 Å². The molecule has 0 radical (unpaired) electrons. The number of halogens is 3. The van der Waals surface area contributed by atoms with E-state index in [1.54, 1.807) is 6.92 Å². The second-order valence-electron chi connectivity index (χ2n) is 4.09. The molecule has 1 rings (SSSR count). The number of ether oxygens (including phenoxy) is 1. The minimum atomic E-state index is -4.53. The summed E-state index contributed by atoms with van der Waals surface area (Å²) in [6.07, 6.45) is -3.94. The first-order valence-electron chi connectivity index (χ1n) is 5.60. The van der Waals surface area contributed by atoms with E-state index in [4.69, 9.17) is 0 Å². The molecule has 0 bridgehead atoms. The molecule has 1 unspecified atom stereocenters. The first kappa shape index (κ1) is 14.5. The highest BCUT2D eigenvalue weighted by atomic mass is 19.4. The maximum absolute atomic E-state index is 12.8. The van der Waals surface area contributed by atoms with Crippen molar-refractivity contribution in [2.24, 2.45) is 5.92 Å². The Labute approximate surface area is 104 Å². The van der Waals surface area contributed by atoms with Gasteiger partial charge in [-0.3, -0.25) is 4.79 Å². The Kier molecular flexibility index (Phi) is 4.38. The minimum Gasteiger partial charge on any atom is -0.496 e. The Balaban J connectivity index is 3.23. The molecule has 0 fully saturated rings. The standard InChI is InChI=1S/C13H15F3O2/c1-4-8(2)12(17)9-5-6-11(18-3)10(7-9)13(14,15)16/h5-8H,4H2,1-3H3.